The van der Waals surface area contributed by atoms with E-state index in [1.165, 1.54) is 0 Å². The van der Waals surface area contributed by atoms with Crippen molar-refractivity contribution in [3.8, 4) is 5.88 Å². The van der Waals surface area contributed by atoms with Gasteiger partial charge >= 0.3 is 0 Å². The van der Waals surface area contributed by atoms with Crippen molar-refractivity contribution < 1.29 is 19.7 Å². The number of aromatic nitrogens is 5. The van der Waals surface area contributed by atoms with Crippen LogP contribution in [0.3, 0.4) is 0 Å². The summed E-state index contributed by atoms with van der Waals surface area (Å²) in [5.41, 5.74) is 4.81. The lowest BCUT2D eigenvalue weighted by molar-refractivity contribution is 0.0520. The van der Waals surface area contributed by atoms with Crippen LogP contribution in [0.4, 0.5) is 0 Å². The van der Waals surface area contributed by atoms with Crippen molar-refractivity contribution in [2.45, 2.75) is 32.4 Å². The van der Waals surface area contributed by atoms with Gasteiger partial charge in [-0.2, -0.15) is 5.10 Å². The molecule has 5 aromatic rings. The van der Waals surface area contributed by atoms with Crippen LogP contribution in [0.25, 0.3) is 16.6 Å². The van der Waals surface area contributed by atoms with Gasteiger partial charge in [-0.1, -0.05) is 31.2 Å². The predicted molar refractivity (Wildman–Crippen MR) is 134 cm³/mol. The number of hydrogen-bond acceptors (Lipinski definition) is 7. The third kappa shape index (κ3) is 4.71. The van der Waals surface area contributed by atoms with Crippen molar-refractivity contribution in [3.63, 3.8) is 0 Å². The largest absolute Gasteiger partial charge is 0.475 e. The van der Waals surface area contributed by atoms with E-state index in [4.69, 9.17) is 14.9 Å². The predicted octanol–water partition coefficient (Wildman–Crippen LogP) is 2.85. The molecule has 2 N–H and O–H groups in total. The molecule has 1 atom stereocenters. The smallest absolute Gasteiger partial charge is 0.213 e. The molecule has 0 aliphatic rings. The van der Waals surface area contributed by atoms with Gasteiger partial charge in [-0.3, -0.25) is 13.9 Å². The number of hydrogen-bond donors (Lipinski definition) is 2. The Morgan fingerprint density at radius 2 is 1.97 bits per heavy atom. The molecular weight excluding hydrogens is 458 g/mol. The Bertz CT molecular complexity index is 1520. The second-order valence-electron chi connectivity index (χ2n) is 8.56. The Morgan fingerprint density at radius 1 is 1.11 bits per heavy atom. The second-order valence-corrected chi connectivity index (χ2v) is 8.56. The van der Waals surface area contributed by atoms with Crippen molar-refractivity contribution in [3.05, 3.63) is 89.6 Å². The van der Waals surface area contributed by atoms with E-state index in [9.17, 15) is 9.90 Å². The number of benzene rings is 1. The molecule has 0 bridgehead atoms. The Morgan fingerprint density at radius 3 is 2.81 bits per heavy atom. The number of ether oxygens (including phenoxy) is 1. The summed E-state index contributed by atoms with van der Waals surface area (Å²) < 4.78 is 9.19. The van der Waals surface area contributed by atoms with Gasteiger partial charge in [0.15, 0.2) is 5.78 Å². The Labute approximate surface area is 207 Å². The fourth-order valence-electron chi connectivity index (χ4n) is 4.32. The van der Waals surface area contributed by atoms with Crippen LogP contribution in [0.1, 0.15) is 34.4 Å². The third-order valence-electron chi connectivity index (χ3n) is 6.05. The molecular formula is C27H27N5O4. The number of ketones is 1. The number of fused-ring (bicyclic) bond motifs is 2. The normalized spacial score (nSPS) is 12.3. The van der Waals surface area contributed by atoms with Gasteiger partial charge in [0, 0.05) is 24.1 Å². The molecule has 0 radical (unpaired) electrons. The minimum Gasteiger partial charge on any atom is -0.475 e. The number of Topliss-reactive ketones (excluding diaryl/α,β-unsaturated/α-hetero) is 1. The molecule has 0 spiro atoms. The second kappa shape index (κ2) is 10.3. The maximum absolute atomic E-state index is 13.3. The molecule has 0 amide bonds. The minimum atomic E-state index is -0.959. The third-order valence-corrected chi connectivity index (χ3v) is 6.05. The zero-order valence-electron chi connectivity index (χ0n) is 19.9. The summed E-state index contributed by atoms with van der Waals surface area (Å²) in [6.07, 6.45) is 3.48. The molecule has 184 valence electrons. The highest BCUT2D eigenvalue weighted by atomic mass is 16.5. The van der Waals surface area contributed by atoms with Crippen molar-refractivity contribution in [1.82, 2.24) is 24.1 Å². The summed E-state index contributed by atoms with van der Waals surface area (Å²) in [4.78, 5) is 22.1. The highest BCUT2D eigenvalue weighted by Gasteiger charge is 2.18. The lowest BCUT2D eigenvalue weighted by atomic mass is 10.0. The van der Waals surface area contributed by atoms with Gasteiger partial charge in [0.2, 0.25) is 5.88 Å². The average Bonchev–Trinajstić information content (AvgIpc) is 3.50. The van der Waals surface area contributed by atoms with Crippen molar-refractivity contribution >= 4 is 22.3 Å². The zero-order valence-corrected chi connectivity index (χ0v) is 19.9. The van der Waals surface area contributed by atoms with Gasteiger partial charge in [-0.25, -0.2) is 9.97 Å². The molecule has 5 rings (SSSR count). The summed E-state index contributed by atoms with van der Waals surface area (Å²) in [5.74, 6) is 0.360. The molecule has 0 aliphatic carbocycles. The Kier molecular flexibility index (Phi) is 6.75. The summed E-state index contributed by atoms with van der Waals surface area (Å²) in [6.45, 7) is 2.05. The molecule has 0 saturated carbocycles. The van der Waals surface area contributed by atoms with Crippen LogP contribution >= 0.6 is 0 Å². The molecule has 1 aromatic carbocycles. The molecule has 4 heterocycles. The summed E-state index contributed by atoms with van der Waals surface area (Å²) in [6, 6.07) is 17.0. The van der Waals surface area contributed by atoms with Crippen LogP contribution in [0.15, 0.2) is 67.0 Å². The fourth-order valence-corrected chi connectivity index (χ4v) is 4.32. The van der Waals surface area contributed by atoms with Crippen molar-refractivity contribution in [1.29, 1.82) is 0 Å². The first kappa shape index (κ1) is 23.7. The molecule has 0 saturated heterocycles. The number of pyridine rings is 2. The molecule has 1 unspecified atom stereocenters. The summed E-state index contributed by atoms with van der Waals surface area (Å²) >= 11 is 0. The number of nitrogens with zero attached hydrogens (tertiary/aromatic N) is 5. The molecule has 36 heavy (non-hydrogen) atoms. The van der Waals surface area contributed by atoms with Gasteiger partial charge in [0.05, 0.1) is 36.3 Å². The van der Waals surface area contributed by atoms with Crippen LogP contribution in [0.2, 0.25) is 0 Å². The first-order valence-electron chi connectivity index (χ1n) is 11.9. The van der Waals surface area contributed by atoms with Crippen LogP contribution in [-0.2, 0) is 19.4 Å². The molecule has 9 nitrogen and oxygen atoms in total. The quantitative estimate of drug-likeness (QED) is 0.292. The zero-order chi connectivity index (χ0) is 25.1. The van der Waals surface area contributed by atoms with Crippen molar-refractivity contribution in [2.24, 2.45) is 0 Å². The van der Waals surface area contributed by atoms with Gasteiger partial charge in [-0.05, 0) is 36.2 Å². The van der Waals surface area contributed by atoms with E-state index in [1.807, 2.05) is 70.7 Å². The van der Waals surface area contributed by atoms with Crippen LogP contribution in [0, 0.1) is 0 Å². The topological polar surface area (TPSA) is 115 Å². The van der Waals surface area contributed by atoms with E-state index in [1.54, 1.807) is 12.3 Å². The van der Waals surface area contributed by atoms with E-state index >= 15 is 0 Å². The molecule has 4 aromatic heterocycles. The number of rotatable bonds is 10. The van der Waals surface area contributed by atoms with Crippen LogP contribution in [0.5, 0.6) is 5.88 Å². The average molecular weight is 486 g/mol. The number of carbonyl (C=O) groups is 1. The SMILES string of the molecule is CCc1nn(Cc2cccc(OCC(O)CO)n2)c2cccc(CC(=O)c3cnc4ccccn34)c12. The number of carbonyl (C=O) groups excluding carboxylic acids is 1. The van der Waals surface area contributed by atoms with Gasteiger partial charge in [-0.15, -0.1) is 0 Å². The van der Waals surface area contributed by atoms with E-state index in [2.05, 4.69) is 9.97 Å². The Balaban J connectivity index is 1.43. The minimum absolute atomic E-state index is 0.00686. The summed E-state index contributed by atoms with van der Waals surface area (Å²) in [5, 5.41) is 24.3. The number of aryl methyl sites for hydroxylation is 1. The van der Waals surface area contributed by atoms with Gasteiger partial charge in [0.1, 0.15) is 24.1 Å². The van der Waals surface area contributed by atoms with Crippen LogP contribution < -0.4 is 4.74 Å². The van der Waals surface area contributed by atoms with Gasteiger partial charge in [0.25, 0.3) is 0 Å². The van der Waals surface area contributed by atoms with E-state index in [-0.39, 0.29) is 25.4 Å². The number of aliphatic hydroxyl groups is 2. The van der Waals surface area contributed by atoms with E-state index in [0.29, 0.717) is 18.1 Å². The molecule has 0 fully saturated rings. The maximum atomic E-state index is 13.3. The molecule has 9 heteroatoms. The highest BCUT2D eigenvalue weighted by Crippen LogP contribution is 2.26. The lowest BCUT2D eigenvalue weighted by Gasteiger charge is -2.10. The van der Waals surface area contributed by atoms with Gasteiger partial charge < -0.3 is 14.9 Å². The number of imidazole rings is 1. The van der Waals surface area contributed by atoms with E-state index in [0.717, 1.165) is 39.9 Å². The number of aliphatic hydroxyl groups excluding tert-OH is 2. The monoisotopic (exact) mass is 485 g/mol. The van der Waals surface area contributed by atoms with Crippen LogP contribution in [-0.4, -0.2) is 59.5 Å². The first-order valence-corrected chi connectivity index (χ1v) is 11.9. The maximum Gasteiger partial charge on any atom is 0.213 e. The lowest BCUT2D eigenvalue weighted by Crippen LogP contribution is -2.21. The fraction of sp³-hybridized carbons (Fsp3) is 0.259. The molecule has 0 aliphatic heterocycles. The first-order chi connectivity index (χ1) is 17.6. The van der Waals surface area contributed by atoms with Crippen molar-refractivity contribution in [2.75, 3.05) is 13.2 Å². The Hall–Kier alpha value is -4.08. The highest BCUT2D eigenvalue weighted by molar-refractivity contribution is 5.99. The summed E-state index contributed by atoms with van der Waals surface area (Å²) in [7, 11) is 0. The van der Waals surface area contributed by atoms with E-state index < -0.39 is 6.10 Å². The standard InChI is InChI=1S/C27H27N5O4/c1-2-21-27-18(13-24(35)23-14-28-25-10-3-4-12-31(23)25)7-5-9-22(27)32(30-21)15-19-8-6-11-26(29-19)36-17-20(34)16-33/h3-12,14,20,33-34H,2,13,15-17H2,1H3.